The summed E-state index contributed by atoms with van der Waals surface area (Å²) < 4.78 is 5.16. The third kappa shape index (κ3) is 2.54. The van der Waals surface area contributed by atoms with Gasteiger partial charge in [-0.3, -0.25) is 5.10 Å². The number of nitrogens with zero attached hydrogens (tertiary/aromatic N) is 2. The second-order valence-corrected chi connectivity index (χ2v) is 5.14. The Labute approximate surface area is 109 Å². The zero-order valence-corrected chi connectivity index (χ0v) is 10.3. The predicted octanol–water partition coefficient (Wildman–Crippen LogP) is 1.05. The van der Waals surface area contributed by atoms with Gasteiger partial charge in [-0.15, -0.1) is 0 Å². The summed E-state index contributed by atoms with van der Waals surface area (Å²) in [5.74, 6) is -0.372. The Morgan fingerprint density at radius 3 is 2.79 bits per heavy atom. The number of likely N-dealkylation sites (tertiary alicyclic amines) is 1. The van der Waals surface area contributed by atoms with Crippen LogP contribution in [0.5, 0.6) is 0 Å². The van der Waals surface area contributed by atoms with Crippen LogP contribution >= 0.6 is 0 Å². The second-order valence-electron chi connectivity index (χ2n) is 5.14. The van der Waals surface area contributed by atoms with Crippen molar-refractivity contribution in [2.45, 2.75) is 18.8 Å². The van der Waals surface area contributed by atoms with E-state index in [0.29, 0.717) is 25.6 Å². The molecule has 2 fully saturated rings. The van der Waals surface area contributed by atoms with Crippen LogP contribution in [-0.2, 0) is 4.74 Å². The van der Waals surface area contributed by atoms with Gasteiger partial charge in [0.2, 0.25) is 0 Å². The summed E-state index contributed by atoms with van der Waals surface area (Å²) in [4.78, 5) is 24.0. The number of rotatable bonds is 4. The van der Waals surface area contributed by atoms with E-state index in [0.717, 1.165) is 18.5 Å². The van der Waals surface area contributed by atoms with E-state index >= 15 is 0 Å². The Kier molecular flexibility index (Phi) is 2.88. The molecule has 0 aromatic carbocycles. The molecular formula is C12H15N3O4. The van der Waals surface area contributed by atoms with Crippen LogP contribution < -0.4 is 0 Å². The Morgan fingerprint density at radius 2 is 2.21 bits per heavy atom. The molecule has 1 aromatic heterocycles. The van der Waals surface area contributed by atoms with Crippen LogP contribution in [-0.4, -0.2) is 52.0 Å². The van der Waals surface area contributed by atoms with E-state index in [1.165, 1.54) is 6.07 Å². The van der Waals surface area contributed by atoms with Gasteiger partial charge in [0, 0.05) is 24.7 Å². The number of H-pyrrole nitrogens is 1. The molecule has 0 atom stereocenters. The first kappa shape index (κ1) is 12.0. The summed E-state index contributed by atoms with van der Waals surface area (Å²) >= 11 is 0. The highest BCUT2D eigenvalue weighted by atomic mass is 16.6. The Bertz CT molecular complexity index is 503. The molecule has 1 amide bonds. The van der Waals surface area contributed by atoms with Gasteiger partial charge in [-0.05, 0) is 24.8 Å². The zero-order valence-electron chi connectivity index (χ0n) is 10.3. The fraction of sp³-hybridized carbons (Fsp3) is 0.583. The number of carbonyl (C=O) groups excluding carboxylic acids is 1. The van der Waals surface area contributed by atoms with Crippen LogP contribution in [0.4, 0.5) is 4.79 Å². The molecule has 0 bridgehead atoms. The van der Waals surface area contributed by atoms with Crippen LogP contribution in [0.3, 0.4) is 0 Å². The Balaban J connectivity index is 1.48. The Hall–Kier alpha value is -2.05. The van der Waals surface area contributed by atoms with E-state index in [1.54, 1.807) is 4.90 Å². The normalized spacial score (nSPS) is 19.1. The summed E-state index contributed by atoms with van der Waals surface area (Å²) in [6.07, 6.45) is 2.03. The highest BCUT2D eigenvalue weighted by Crippen LogP contribution is 2.30. The molecule has 19 heavy (non-hydrogen) atoms. The fourth-order valence-electron chi connectivity index (χ4n) is 2.04. The van der Waals surface area contributed by atoms with E-state index in [1.807, 2.05) is 0 Å². The Morgan fingerprint density at radius 1 is 1.47 bits per heavy atom. The lowest BCUT2D eigenvalue weighted by Crippen LogP contribution is -2.48. The quantitative estimate of drug-likeness (QED) is 0.848. The van der Waals surface area contributed by atoms with Gasteiger partial charge in [0.25, 0.3) is 0 Å². The SMILES string of the molecule is O=C(O)c1cc(C2CN(C(=O)OCC3CC3)C2)[nH]n1. The van der Waals surface area contributed by atoms with E-state index in [2.05, 4.69) is 10.2 Å². The van der Waals surface area contributed by atoms with Gasteiger partial charge in [0.05, 0.1) is 6.61 Å². The number of aromatic nitrogens is 2. The second kappa shape index (κ2) is 4.56. The molecule has 1 aromatic rings. The standard InChI is InChI=1S/C12H15N3O4/c16-11(17)10-3-9(13-14-10)8-4-15(5-8)12(18)19-6-7-1-2-7/h3,7-8H,1-2,4-6H2,(H,13,14)(H,16,17). The van der Waals surface area contributed by atoms with Crippen molar-refractivity contribution < 1.29 is 19.4 Å². The highest BCUT2D eigenvalue weighted by Gasteiger charge is 2.35. The van der Waals surface area contributed by atoms with Crippen LogP contribution in [0.25, 0.3) is 0 Å². The molecule has 0 spiro atoms. The topological polar surface area (TPSA) is 95.5 Å². The maximum Gasteiger partial charge on any atom is 0.409 e. The predicted molar refractivity (Wildman–Crippen MR) is 63.9 cm³/mol. The lowest BCUT2D eigenvalue weighted by Gasteiger charge is -2.37. The summed E-state index contributed by atoms with van der Waals surface area (Å²) in [6, 6.07) is 1.51. The number of ether oxygens (including phenoxy) is 1. The molecule has 1 aliphatic carbocycles. The molecule has 2 N–H and O–H groups in total. The number of carbonyl (C=O) groups is 2. The molecule has 7 heteroatoms. The van der Waals surface area contributed by atoms with Crippen molar-refractivity contribution in [3.63, 3.8) is 0 Å². The first-order valence-corrected chi connectivity index (χ1v) is 6.34. The minimum Gasteiger partial charge on any atom is -0.476 e. The molecule has 0 radical (unpaired) electrons. The van der Waals surface area contributed by atoms with Gasteiger partial charge in [0.15, 0.2) is 5.69 Å². The van der Waals surface area contributed by atoms with E-state index in [9.17, 15) is 9.59 Å². The number of aromatic carboxylic acids is 1. The maximum atomic E-state index is 11.6. The van der Waals surface area contributed by atoms with Gasteiger partial charge in [0.1, 0.15) is 0 Å². The number of hydrogen-bond donors (Lipinski definition) is 2. The summed E-state index contributed by atoms with van der Waals surface area (Å²) in [5.41, 5.74) is 0.758. The zero-order chi connectivity index (χ0) is 13.4. The monoisotopic (exact) mass is 265 g/mol. The molecular weight excluding hydrogens is 250 g/mol. The average molecular weight is 265 g/mol. The molecule has 1 saturated carbocycles. The van der Waals surface area contributed by atoms with Crippen LogP contribution in [0.1, 0.15) is 34.9 Å². The number of carboxylic acids is 1. The van der Waals surface area contributed by atoms with Crippen LogP contribution in [0, 0.1) is 5.92 Å². The third-order valence-corrected chi connectivity index (χ3v) is 3.54. The van der Waals surface area contributed by atoms with Crippen molar-refractivity contribution in [3.8, 4) is 0 Å². The summed E-state index contributed by atoms with van der Waals surface area (Å²) in [6.45, 7) is 1.61. The number of amides is 1. The molecule has 2 aliphatic rings. The van der Waals surface area contributed by atoms with E-state index in [-0.39, 0.29) is 17.7 Å². The molecule has 1 saturated heterocycles. The smallest absolute Gasteiger partial charge is 0.409 e. The van der Waals surface area contributed by atoms with Crippen molar-refractivity contribution in [2.75, 3.05) is 19.7 Å². The van der Waals surface area contributed by atoms with Crippen molar-refractivity contribution in [1.29, 1.82) is 0 Å². The number of nitrogens with one attached hydrogen (secondary N) is 1. The highest BCUT2D eigenvalue weighted by molar-refractivity contribution is 5.85. The summed E-state index contributed by atoms with van der Waals surface area (Å²) in [7, 11) is 0. The van der Waals surface area contributed by atoms with Gasteiger partial charge < -0.3 is 14.7 Å². The molecule has 3 rings (SSSR count). The van der Waals surface area contributed by atoms with Crippen molar-refractivity contribution >= 4 is 12.1 Å². The number of hydrogen-bond acceptors (Lipinski definition) is 4. The molecule has 2 heterocycles. The molecule has 0 unspecified atom stereocenters. The average Bonchev–Trinajstić information content (AvgIpc) is 3.02. The van der Waals surface area contributed by atoms with E-state index in [4.69, 9.17) is 9.84 Å². The largest absolute Gasteiger partial charge is 0.476 e. The third-order valence-electron chi connectivity index (χ3n) is 3.54. The van der Waals surface area contributed by atoms with Gasteiger partial charge in [-0.25, -0.2) is 9.59 Å². The minimum absolute atomic E-state index is 0.00441. The molecule has 102 valence electrons. The van der Waals surface area contributed by atoms with Gasteiger partial charge >= 0.3 is 12.1 Å². The van der Waals surface area contributed by atoms with Crippen molar-refractivity contribution in [3.05, 3.63) is 17.5 Å². The number of carboxylic acid groups (broad SMARTS) is 1. The van der Waals surface area contributed by atoms with E-state index < -0.39 is 5.97 Å². The van der Waals surface area contributed by atoms with Crippen LogP contribution in [0.15, 0.2) is 6.07 Å². The maximum absolute atomic E-state index is 11.6. The number of aromatic amines is 1. The summed E-state index contributed by atoms with van der Waals surface area (Å²) in [5, 5.41) is 15.2. The van der Waals surface area contributed by atoms with Crippen molar-refractivity contribution in [1.82, 2.24) is 15.1 Å². The molecule has 1 aliphatic heterocycles. The lowest BCUT2D eigenvalue weighted by atomic mass is 9.97. The van der Waals surface area contributed by atoms with Crippen molar-refractivity contribution in [2.24, 2.45) is 5.92 Å². The first-order valence-electron chi connectivity index (χ1n) is 6.34. The van der Waals surface area contributed by atoms with Gasteiger partial charge in [-0.2, -0.15) is 5.10 Å². The fourth-order valence-corrected chi connectivity index (χ4v) is 2.04. The van der Waals surface area contributed by atoms with Crippen LogP contribution in [0.2, 0.25) is 0 Å². The van der Waals surface area contributed by atoms with Gasteiger partial charge in [-0.1, -0.05) is 0 Å². The molecule has 7 nitrogen and oxygen atoms in total. The lowest BCUT2D eigenvalue weighted by molar-refractivity contribution is 0.0671. The minimum atomic E-state index is -1.05. The first-order chi connectivity index (χ1) is 9.13.